The largest absolute Gasteiger partial charge is 0.330 e. The summed E-state index contributed by atoms with van der Waals surface area (Å²) in [5.74, 6) is -0.293. The minimum Gasteiger partial charge on any atom is -0.330 e. The van der Waals surface area contributed by atoms with Gasteiger partial charge in [-0.25, -0.2) is 5.48 Å². The first-order chi connectivity index (χ1) is 12.7. The van der Waals surface area contributed by atoms with Crippen LogP contribution in [-0.4, -0.2) is 25.1 Å². The molecule has 0 saturated heterocycles. The zero-order chi connectivity index (χ0) is 18.6. The van der Waals surface area contributed by atoms with Crippen LogP contribution in [-0.2, 0) is 16.1 Å². The second-order valence-electron chi connectivity index (χ2n) is 6.39. The van der Waals surface area contributed by atoms with Crippen molar-refractivity contribution in [3.8, 4) is 11.1 Å². The lowest BCUT2D eigenvalue weighted by Crippen LogP contribution is -2.42. The number of benzene rings is 2. The lowest BCUT2D eigenvalue weighted by atomic mass is 10.0. The molecule has 5 N–H and O–H groups in total. The van der Waals surface area contributed by atoms with Crippen LogP contribution in [0.1, 0.15) is 31.2 Å². The maximum atomic E-state index is 12.0. The zero-order valence-electron chi connectivity index (χ0n) is 15.2. The van der Waals surface area contributed by atoms with E-state index in [9.17, 15) is 4.79 Å². The monoisotopic (exact) mass is 355 g/mol. The van der Waals surface area contributed by atoms with Crippen molar-refractivity contribution in [2.45, 2.75) is 38.1 Å². The van der Waals surface area contributed by atoms with E-state index in [1.54, 1.807) is 0 Å². The minimum absolute atomic E-state index is 0.293. The summed E-state index contributed by atoms with van der Waals surface area (Å²) in [5.41, 5.74) is 17.2. The predicted molar refractivity (Wildman–Crippen MR) is 105 cm³/mol. The molecule has 2 aromatic carbocycles. The second-order valence-corrected chi connectivity index (χ2v) is 6.39. The number of hydrogen-bond acceptors (Lipinski definition) is 4. The van der Waals surface area contributed by atoms with Gasteiger partial charge in [0, 0.05) is 0 Å². The number of amides is 1. The molecule has 0 aliphatic heterocycles. The molecule has 5 nitrogen and oxygen atoms in total. The molecule has 5 heteroatoms. The fraction of sp³-hybridized carbons (Fsp3) is 0.381. The Labute approximate surface area is 155 Å². The summed E-state index contributed by atoms with van der Waals surface area (Å²) in [6, 6.07) is 17.7. The van der Waals surface area contributed by atoms with Crippen molar-refractivity contribution < 1.29 is 9.63 Å². The van der Waals surface area contributed by atoms with Crippen molar-refractivity contribution in [3.05, 3.63) is 60.2 Å². The van der Waals surface area contributed by atoms with Crippen LogP contribution in [0.25, 0.3) is 11.1 Å². The lowest BCUT2D eigenvalue weighted by molar-refractivity contribution is -0.135. The van der Waals surface area contributed by atoms with Crippen molar-refractivity contribution >= 4 is 5.91 Å². The molecule has 0 spiro atoms. The third kappa shape index (κ3) is 6.96. The fourth-order valence-corrected chi connectivity index (χ4v) is 2.68. The molecule has 0 bridgehead atoms. The molecular weight excluding hydrogens is 326 g/mol. The molecule has 2 aromatic rings. The molecule has 0 heterocycles. The quantitative estimate of drug-likeness (QED) is 0.427. The molecule has 0 unspecified atom stereocenters. The van der Waals surface area contributed by atoms with Crippen LogP contribution in [0.3, 0.4) is 0 Å². The van der Waals surface area contributed by atoms with E-state index in [4.69, 9.17) is 16.3 Å². The molecule has 1 amide bonds. The van der Waals surface area contributed by atoms with E-state index in [0.717, 1.165) is 43.4 Å². The van der Waals surface area contributed by atoms with Gasteiger partial charge in [-0.2, -0.15) is 0 Å². The molecule has 140 valence electrons. The summed E-state index contributed by atoms with van der Waals surface area (Å²) < 4.78 is 0. The molecule has 0 aliphatic rings. The van der Waals surface area contributed by atoms with Crippen molar-refractivity contribution in [3.63, 3.8) is 0 Å². The van der Waals surface area contributed by atoms with E-state index in [0.29, 0.717) is 13.0 Å². The Hall–Kier alpha value is -2.21. The Bertz CT molecular complexity index is 644. The smallest absolute Gasteiger partial charge is 0.260 e. The predicted octanol–water partition coefficient (Wildman–Crippen LogP) is 2.79. The van der Waals surface area contributed by atoms with Gasteiger partial charge in [0.1, 0.15) is 0 Å². The topological polar surface area (TPSA) is 90.4 Å². The lowest BCUT2D eigenvalue weighted by Gasteiger charge is -2.12. The Morgan fingerprint density at radius 1 is 0.923 bits per heavy atom. The van der Waals surface area contributed by atoms with Crippen LogP contribution in [0.5, 0.6) is 0 Å². The number of hydroxylamine groups is 1. The molecule has 0 saturated carbocycles. The highest BCUT2D eigenvalue weighted by Gasteiger charge is 2.14. The molecular formula is C21H29N3O2. The van der Waals surface area contributed by atoms with E-state index in [1.165, 1.54) is 5.56 Å². The van der Waals surface area contributed by atoms with Crippen LogP contribution in [0.15, 0.2) is 54.6 Å². The van der Waals surface area contributed by atoms with Gasteiger partial charge in [-0.15, -0.1) is 0 Å². The maximum Gasteiger partial charge on any atom is 0.260 e. The van der Waals surface area contributed by atoms with Crippen LogP contribution in [0.4, 0.5) is 0 Å². The summed E-state index contributed by atoms with van der Waals surface area (Å²) in [4.78, 5) is 17.2. The number of carbonyl (C=O) groups is 1. The molecule has 0 fully saturated rings. The Kier molecular flexibility index (Phi) is 8.83. The van der Waals surface area contributed by atoms with Gasteiger partial charge < -0.3 is 11.5 Å². The Morgan fingerprint density at radius 3 is 2.27 bits per heavy atom. The summed E-state index contributed by atoms with van der Waals surface area (Å²) >= 11 is 0. The average Bonchev–Trinajstić information content (AvgIpc) is 2.68. The van der Waals surface area contributed by atoms with E-state index in [-0.39, 0.29) is 5.91 Å². The van der Waals surface area contributed by atoms with Gasteiger partial charge in [0.25, 0.3) is 5.91 Å². The summed E-state index contributed by atoms with van der Waals surface area (Å²) in [5, 5.41) is 0. The molecule has 1 atom stereocenters. The molecule has 26 heavy (non-hydrogen) atoms. The van der Waals surface area contributed by atoms with Crippen LogP contribution < -0.4 is 16.9 Å². The zero-order valence-corrected chi connectivity index (χ0v) is 15.2. The summed E-state index contributed by atoms with van der Waals surface area (Å²) in [6.07, 6.45) is 4.54. The number of unbranched alkanes of at least 4 members (excludes halogenated alkanes) is 3. The molecule has 0 aromatic heterocycles. The minimum atomic E-state index is -0.630. The van der Waals surface area contributed by atoms with Crippen LogP contribution >= 0.6 is 0 Å². The first kappa shape index (κ1) is 20.1. The molecule has 0 aliphatic carbocycles. The number of carbonyl (C=O) groups excluding carboxylic acids is 1. The highest BCUT2D eigenvalue weighted by atomic mass is 16.6. The van der Waals surface area contributed by atoms with Gasteiger partial charge >= 0.3 is 0 Å². The third-order valence-electron chi connectivity index (χ3n) is 4.23. The average molecular weight is 355 g/mol. The van der Waals surface area contributed by atoms with E-state index >= 15 is 0 Å². The Morgan fingerprint density at radius 2 is 1.58 bits per heavy atom. The normalized spacial score (nSPS) is 11.9. The van der Waals surface area contributed by atoms with Crippen molar-refractivity contribution in [2.75, 3.05) is 13.2 Å². The van der Waals surface area contributed by atoms with Gasteiger partial charge in [0.15, 0.2) is 0 Å². The van der Waals surface area contributed by atoms with Crippen molar-refractivity contribution in [2.24, 2.45) is 11.5 Å². The van der Waals surface area contributed by atoms with Crippen LogP contribution in [0.2, 0.25) is 0 Å². The Balaban J connectivity index is 1.71. The SMILES string of the molecule is NCCCCCCONC(=O)[C@H](N)Cc1ccc(-c2ccccc2)cc1. The summed E-state index contributed by atoms with van der Waals surface area (Å²) in [6.45, 7) is 1.22. The number of nitrogens with two attached hydrogens (primary N) is 2. The third-order valence-corrected chi connectivity index (χ3v) is 4.23. The number of hydrogen-bond donors (Lipinski definition) is 3. The van der Waals surface area contributed by atoms with Gasteiger partial charge in [-0.3, -0.25) is 9.63 Å². The van der Waals surface area contributed by atoms with E-state index in [1.807, 2.05) is 42.5 Å². The van der Waals surface area contributed by atoms with Gasteiger partial charge in [-0.05, 0) is 42.5 Å². The fourth-order valence-electron chi connectivity index (χ4n) is 2.68. The molecule has 2 rings (SSSR count). The highest BCUT2D eigenvalue weighted by molar-refractivity contribution is 5.80. The van der Waals surface area contributed by atoms with E-state index < -0.39 is 6.04 Å². The maximum absolute atomic E-state index is 12.0. The number of rotatable bonds is 11. The van der Waals surface area contributed by atoms with Gasteiger partial charge in [0.05, 0.1) is 12.6 Å². The first-order valence-corrected chi connectivity index (χ1v) is 9.22. The summed E-state index contributed by atoms with van der Waals surface area (Å²) in [7, 11) is 0. The van der Waals surface area contributed by atoms with Gasteiger partial charge in [0.2, 0.25) is 0 Å². The van der Waals surface area contributed by atoms with Crippen molar-refractivity contribution in [1.82, 2.24) is 5.48 Å². The van der Waals surface area contributed by atoms with E-state index in [2.05, 4.69) is 17.6 Å². The first-order valence-electron chi connectivity index (χ1n) is 9.22. The number of nitrogens with one attached hydrogen (secondary N) is 1. The standard InChI is InChI=1S/C21H29N3O2/c22-14-6-1-2-7-15-26-24-21(25)20(23)16-17-10-12-19(13-11-17)18-8-4-3-5-9-18/h3-5,8-13,20H,1-2,6-7,14-16,22-23H2,(H,24,25)/t20-/m1/s1. The van der Waals surface area contributed by atoms with Gasteiger partial charge in [-0.1, -0.05) is 67.4 Å². The van der Waals surface area contributed by atoms with Crippen molar-refractivity contribution in [1.29, 1.82) is 0 Å². The van der Waals surface area contributed by atoms with Crippen LogP contribution in [0, 0.1) is 0 Å². The molecule has 0 radical (unpaired) electrons. The second kappa shape index (κ2) is 11.4. The highest BCUT2D eigenvalue weighted by Crippen LogP contribution is 2.19.